The summed E-state index contributed by atoms with van der Waals surface area (Å²) in [5.74, 6) is -0.650. The Morgan fingerprint density at radius 1 is 0.969 bits per heavy atom. The van der Waals surface area contributed by atoms with Crippen molar-refractivity contribution in [2.45, 2.75) is 0 Å². The molecular weight excluding hydrogens is 629 g/mol. The van der Waals surface area contributed by atoms with E-state index in [1.807, 2.05) is 18.2 Å². The van der Waals surface area contributed by atoms with Gasteiger partial charge in [0.2, 0.25) is 5.90 Å². The third-order valence-electron chi connectivity index (χ3n) is 4.34. The van der Waals surface area contributed by atoms with Gasteiger partial charge in [0.15, 0.2) is 11.4 Å². The van der Waals surface area contributed by atoms with Gasteiger partial charge in [0.1, 0.15) is 0 Å². The lowest BCUT2D eigenvalue weighted by Crippen LogP contribution is -2.10. The molecule has 0 N–H and O–H groups in total. The zero-order valence-corrected chi connectivity index (χ0v) is 21.5. The third-order valence-corrected chi connectivity index (χ3v) is 6.54. The first-order chi connectivity index (χ1) is 15.3. The molecule has 0 fully saturated rings. The van der Waals surface area contributed by atoms with Gasteiger partial charge in [-0.15, -0.1) is 0 Å². The second-order valence-corrected chi connectivity index (χ2v) is 9.47. The maximum Gasteiger partial charge on any atom is 0.363 e. The normalized spacial score (nSPS) is 14.3. The fourth-order valence-electron chi connectivity index (χ4n) is 2.85. The summed E-state index contributed by atoms with van der Waals surface area (Å²) in [6.07, 6.45) is 1.58. The van der Waals surface area contributed by atoms with E-state index in [-0.39, 0.29) is 22.9 Å². The molecule has 0 radical (unpaired) electrons. The molecule has 5 nitrogen and oxygen atoms in total. The van der Waals surface area contributed by atoms with Crippen LogP contribution in [0.1, 0.15) is 21.5 Å². The lowest BCUT2D eigenvalue weighted by molar-refractivity contribution is -0.129. The van der Waals surface area contributed by atoms with E-state index in [2.05, 4.69) is 52.8 Å². The van der Waals surface area contributed by atoms with Crippen LogP contribution in [0, 0.1) is 0 Å². The van der Waals surface area contributed by atoms with Crippen LogP contribution < -0.4 is 4.74 Å². The molecule has 0 aliphatic carbocycles. The van der Waals surface area contributed by atoms with Gasteiger partial charge >= 0.3 is 11.9 Å². The average molecular weight is 641 g/mol. The minimum Gasteiger partial charge on any atom is -0.420 e. The molecule has 1 aliphatic heterocycles. The van der Waals surface area contributed by atoms with Crippen LogP contribution in [0.5, 0.6) is 5.75 Å². The van der Waals surface area contributed by atoms with E-state index in [0.29, 0.717) is 25.1 Å². The summed E-state index contributed by atoms with van der Waals surface area (Å²) < 4.78 is 12.6. The number of carbonyl (C=O) groups excluding carboxylic acids is 2. The first-order valence-electron chi connectivity index (χ1n) is 9.06. The van der Waals surface area contributed by atoms with Gasteiger partial charge in [0.05, 0.1) is 25.1 Å². The molecule has 0 spiro atoms. The molecule has 0 unspecified atom stereocenters. The van der Waals surface area contributed by atoms with Gasteiger partial charge in [-0.25, -0.2) is 14.6 Å². The van der Waals surface area contributed by atoms with Crippen LogP contribution in [0.25, 0.3) is 6.08 Å². The summed E-state index contributed by atoms with van der Waals surface area (Å²) in [6, 6.07) is 17.3. The molecule has 3 aromatic carbocycles. The van der Waals surface area contributed by atoms with Crippen molar-refractivity contribution in [1.29, 1.82) is 0 Å². The number of hydrogen-bond acceptors (Lipinski definition) is 5. The number of ether oxygens (including phenoxy) is 2. The van der Waals surface area contributed by atoms with Crippen LogP contribution in [0.15, 0.2) is 84.8 Å². The molecule has 4 rings (SSSR count). The Balaban J connectivity index is 1.61. The van der Waals surface area contributed by atoms with Crippen molar-refractivity contribution in [3.05, 3.63) is 101 Å². The zero-order valence-electron chi connectivity index (χ0n) is 15.9. The SMILES string of the molecule is O=C1OC(c2ccccc2Br)=N/C1=C\c1cc(Br)c(OC(=O)c2ccccc2Cl)c(Br)c1. The van der Waals surface area contributed by atoms with E-state index in [9.17, 15) is 9.59 Å². The summed E-state index contributed by atoms with van der Waals surface area (Å²) in [5, 5.41) is 0.296. The topological polar surface area (TPSA) is 65.0 Å². The lowest BCUT2D eigenvalue weighted by Gasteiger charge is -2.10. The number of halogens is 4. The molecule has 0 saturated heterocycles. The average Bonchev–Trinajstić information content (AvgIpc) is 3.11. The van der Waals surface area contributed by atoms with Crippen LogP contribution in [0.2, 0.25) is 5.02 Å². The number of esters is 2. The Morgan fingerprint density at radius 2 is 1.62 bits per heavy atom. The minimum atomic E-state index is -0.592. The van der Waals surface area contributed by atoms with Gasteiger partial charge in [0, 0.05) is 4.47 Å². The molecule has 160 valence electrons. The number of carbonyl (C=O) groups is 2. The number of hydrogen-bond donors (Lipinski definition) is 0. The predicted molar refractivity (Wildman–Crippen MR) is 133 cm³/mol. The molecule has 0 aromatic heterocycles. The minimum absolute atomic E-state index is 0.148. The van der Waals surface area contributed by atoms with E-state index in [4.69, 9.17) is 21.1 Å². The molecule has 32 heavy (non-hydrogen) atoms. The third kappa shape index (κ3) is 4.88. The zero-order chi connectivity index (χ0) is 22.8. The second-order valence-electron chi connectivity index (χ2n) is 6.50. The maximum absolute atomic E-state index is 12.5. The Hall–Kier alpha value is -2.26. The van der Waals surface area contributed by atoms with Crippen LogP contribution in [-0.2, 0) is 9.53 Å². The number of cyclic esters (lactones) is 1. The molecule has 0 bridgehead atoms. The van der Waals surface area contributed by atoms with Gasteiger partial charge in [0.25, 0.3) is 0 Å². The van der Waals surface area contributed by atoms with Crippen LogP contribution in [0.4, 0.5) is 0 Å². The van der Waals surface area contributed by atoms with Gasteiger partial charge in [-0.2, -0.15) is 0 Å². The smallest absolute Gasteiger partial charge is 0.363 e. The molecule has 1 aliphatic rings. The van der Waals surface area contributed by atoms with Crippen LogP contribution in [0.3, 0.4) is 0 Å². The number of benzene rings is 3. The highest BCUT2D eigenvalue weighted by atomic mass is 79.9. The van der Waals surface area contributed by atoms with E-state index < -0.39 is 11.9 Å². The molecule has 3 aromatic rings. The molecule has 0 amide bonds. The predicted octanol–water partition coefficient (Wildman–Crippen LogP) is 7.19. The second kappa shape index (κ2) is 9.70. The molecule has 1 heterocycles. The summed E-state index contributed by atoms with van der Waals surface area (Å²) in [4.78, 5) is 29.1. The summed E-state index contributed by atoms with van der Waals surface area (Å²) in [6.45, 7) is 0. The number of nitrogens with zero attached hydrogens (tertiary/aromatic N) is 1. The summed E-state index contributed by atoms with van der Waals surface area (Å²) >= 11 is 16.3. The Morgan fingerprint density at radius 3 is 2.31 bits per heavy atom. The lowest BCUT2D eigenvalue weighted by atomic mass is 10.2. The van der Waals surface area contributed by atoms with E-state index in [1.165, 1.54) is 0 Å². The van der Waals surface area contributed by atoms with Gasteiger partial charge < -0.3 is 9.47 Å². The van der Waals surface area contributed by atoms with Crippen molar-refractivity contribution >= 4 is 83.3 Å². The fourth-order valence-corrected chi connectivity index (χ4v) is 4.90. The molecule has 0 saturated carbocycles. The van der Waals surface area contributed by atoms with E-state index in [1.54, 1.807) is 48.5 Å². The summed E-state index contributed by atoms with van der Waals surface area (Å²) in [7, 11) is 0. The first-order valence-corrected chi connectivity index (χ1v) is 11.8. The maximum atomic E-state index is 12.5. The van der Waals surface area contributed by atoms with Crippen LogP contribution in [-0.4, -0.2) is 17.8 Å². The molecule has 0 atom stereocenters. The van der Waals surface area contributed by atoms with Crippen LogP contribution >= 0.6 is 59.4 Å². The Labute approximate surface area is 213 Å². The molecular formula is C23H11Br3ClNO4. The Bertz CT molecular complexity index is 1300. The van der Waals surface area contributed by atoms with Gasteiger partial charge in [-0.3, -0.25) is 0 Å². The van der Waals surface area contributed by atoms with Gasteiger partial charge in [-0.05, 0) is 95.8 Å². The van der Waals surface area contributed by atoms with E-state index >= 15 is 0 Å². The Kier molecular flexibility index (Phi) is 6.95. The van der Waals surface area contributed by atoms with Crippen molar-refractivity contribution in [2.75, 3.05) is 0 Å². The van der Waals surface area contributed by atoms with Crippen molar-refractivity contribution < 1.29 is 19.1 Å². The molecule has 9 heteroatoms. The van der Waals surface area contributed by atoms with Crippen molar-refractivity contribution in [2.24, 2.45) is 4.99 Å². The monoisotopic (exact) mass is 637 g/mol. The van der Waals surface area contributed by atoms with Crippen molar-refractivity contribution in [1.82, 2.24) is 0 Å². The highest BCUT2D eigenvalue weighted by molar-refractivity contribution is 9.11. The standard InChI is InChI=1S/C23H11Br3ClNO4/c24-15-7-3-1-5-13(15)21-28-19(23(30)32-21)11-12-9-16(25)20(17(26)10-12)31-22(29)14-6-2-4-8-18(14)27/h1-11H/b19-11-. The van der Waals surface area contributed by atoms with Gasteiger partial charge in [-0.1, -0.05) is 35.9 Å². The highest BCUT2D eigenvalue weighted by Gasteiger charge is 2.25. The van der Waals surface area contributed by atoms with E-state index in [0.717, 1.165) is 4.47 Å². The largest absolute Gasteiger partial charge is 0.420 e. The summed E-state index contributed by atoms with van der Waals surface area (Å²) in [5.41, 5.74) is 1.72. The quantitative estimate of drug-likeness (QED) is 0.172. The highest BCUT2D eigenvalue weighted by Crippen LogP contribution is 2.36. The van der Waals surface area contributed by atoms with Crippen molar-refractivity contribution in [3.8, 4) is 5.75 Å². The fraction of sp³-hybridized carbons (Fsp3) is 0. The van der Waals surface area contributed by atoms with Crippen molar-refractivity contribution in [3.63, 3.8) is 0 Å². The first kappa shape index (κ1) is 22.9. The number of rotatable bonds is 4. The number of aliphatic imine (C=N–C) groups is 1.